The number of amides is 1. The Hall–Kier alpha value is -2.11. The fourth-order valence-corrected chi connectivity index (χ4v) is 1.19. The Labute approximate surface area is 86.2 Å². The average Bonchev–Trinajstić information content (AvgIpc) is 2.17. The van der Waals surface area contributed by atoms with E-state index in [4.69, 9.17) is 5.73 Å². The molecule has 0 saturated heterocycles. The zero-order valence-electron chi connectivity index (χ0n) is 7.92. The molecule has 0 aliphatic rings. The molecule has 1 atom stereocenters. The number of carbonyl (C=O) groups is 1. The van der Waals surface area contributed by atoms with Crippen LogP contribution in [0.2, 0.25) is 0 Å². The zero-order valence-corrected chi connectivity index (χ0v) is 7.92. The number of benzene rings is 1. The maximum atomic E-state index is 10.9. The highest BCUT2D eigenvalue weighted by atomic mass is 16.7. The van der Waals surface area contributed by atoms with E-state index in [1.54, 1.807) is 24.3 Å². The van der Waals surface area contributed by atoms with Crippen molar-refractivity contribution in [2.24, 2.45) is 5.73 Å². The van der Waals surface area contributed by atoms with Crippen LogP contribution in [0.5, 0.6) is 0 Å². The maximum Gasteiger partial charge on any atom is 0.246 e. The number of hydrogen-bond acceptors (Lipinski definition) is 3. The number of nitrogens with one attached hydrogen (secondary N) is 1. The predicted molar refractivity (Wildman–Crippen MR) is 53.3 cm³/mol. The molecule has 0 aliphatic heterocycles. The van der Waals surface area contributed by atoms with Gasteiger partial charge in [0.05, 0.1) is 0 Å². The number of nitrogens with zero attached hydrogens (tertiary/aromatic N) is 1. The molecule has 1 aromatic rings. The normalized spacial score (nSPS) is 11.7. The van der Waals surface area contributed by atoms with E-state index in [1.807, 2.05) is 11.5 Å². The van der Waals surface area contributed by atoms with Gasteiger partial charge in [0.15, 0.2) is 11.1 Å². The molecule has 6 heteroatoms. The van der Waals surface area contributed by atoms with E-state index in [1.165, 1.54) is 0 Å². The van der Waals surface area contributed by atoms with E-state index in [0.29, 0.717) is 0 Å². The molecule has 80 valence electrons. The summed E-state index contributed by atoms with van der Waals surface area (Å²) >= 11 is 0. The van der Waals surface area contributed by atoms with Crippen LogP contribution in [0.3, 0.4) is 0 Å². The number of nitrogens with two attached hydrogens (primary N) is 1. The molecular formula is C9H11N3O3. The fraction of sp³-hybridized carbons (Fsp3) is 0.222. The van der Waals surface area contributed by atoms with Gasteiger partial charge in [-0.1, -0.05) is 30.3 Å². The molecule has 0 fully saturated rings. The molecule has 3 N–H and O–H groups in total. The monoisotopic (exact) mass is 209 g/mol. The van der Waals surface area contributed by atoms with Crippen molar-refractivity contribution in [2.45, 2.75) is 12.5 Å². The van der Waals surface area contributed by atoms with Crippen molar-refractivity contribution in [2.75, 3.05) is 0 Å². The lowest BCUT2D eigenvalue weighted by Gasteiger charge is -2.09. The molecule has 0 saturated carbocycles. The third-order valence-corrected chi connectivity index (χ3v) is 1.89. The van der Waals surface area contributed by atoms with Gasteiger partial charge >= 0.3 is 0 Å². The number of primary amides is 1. The lowest BCUT2D eigenvalue weighted by Crippen LogP contribution is -2.45. The summed E-state index contributed by atoms with van der Waals surface area (Å²) in [5, 5.41) is 9.43. The summed E-state index contributed by atoms with van der Waals surface area (Å²) in [5.74, 6) is -0.740. The smallest absolute Gasteiger partial charge is 0.246 e. The standard InChI is InChI=1S/C9H11N3O3/c10-9(13)8(11-12(14)15)6-7-4-2-1-3-5-7/h1-5,8,11H,6H2,(H2,10,13)/t8-/m0/s1. The van der Waals surface area contributed by atoms with Gasteiger partial charge in [0.25, 0.3) is 0 Å². The first-order chi connectivity index (χ1) is 7.09. The van der Waals surface area contributed by atoms with Crippen LogP contribution < -0.4 is 11.2 Å². The Morgan fingerprint density at radius 2 is 2.07 bits per heavy atom. The van der Waals surface area contributed by atoms with Gasteiger partial charge < -0.3 is 5.73 Å². The first-order valence-electron chi connectivity index (χ1n) is 4.33. The Kier molecular flexibility index (Phi) is 3.61. The number of nitro groups is 1. The van der Waals surface area contributed by atoms with Crippen LogP contribution >= 0.6 is 0 Å². The summed E-state index contributed by atoms with van der Waals surface area (Å²) in [7, 11) is 0. The van der Waals surface area contributed by atoms with Crippen LogP contribution in [0.4, 0.5) is 0 Å². The van der Waals surface area contributed by atoms with Crippen LogP contribution in [0.1, 0.15) is 5.56 Å². The van der Waals surface area contributed by atoms with E-state index >= 15 is 0 Å². The van der Waals surface area contributed by atoms with Gasteiger partial charge in [0.1, 0.15) is 0 Å². The minimum atomic E-state index is -0.984. The molecule has 15 heavy (non-hydrogen) atoms. The highest BCUT2D eigenvalue weighted by molar-refractivity contribution is 5.80. The van der Waals surface area contributed by atoms with E-state index < -0.39 is 17.0 Å². The highest BCUT2D eigenvalue weighted by Crippen LogP contribution is 2.02. The summed E-state index contributed by atoms with van der Waals surface area (Å²) < 4.78 is 0. The summed E-state index contributed by atoms with van der Waals surface area (Å²) in [6, 6.07) is 7.97. The Morgan fingerprint density at radius 1 is 1.47 bits per heavy atom. The minimum absolute atomic E-state index is 0.206. The third kappa shape index (κ3) is 3.63. The summed E-state index contributed by atoms with van der Waals surface area (Å²) in [5.41, 5.74) is 7.72. The molecule has 0 heterocycles. The molecular weight excluding hydrogens is 198 g/mol. The van der Waals surface area contributed by atoms with Crippen LogP contribution in [0.25, 0.3) is 0 Å². The molecule has 0 radical (unpaired) electrons. The van der Waals surface area contributed by atoms with Crippen molar-refractivity contribution in [3.63, 3.8) is 0 Å². The van der Waals surface area contributed by atoms with Gasteiger partial charge in [0.2, 0.25) is 5.91 Å². The van der Waals surface area contributed by atoms with Crippen molar-refractivity contribution in [3.8, 4) is 0 Å². The van der Waals surface area contributed by atoms with E-state index in [0.717, 1.165) is 5.56 Å². The highest BCUT2D eigenvalue weighted by Gasteiger charge is 2.20. The second-order valence-corrected chi connectivity index (χ2v) is 3.03. The van der Waals surface area contributed by atoms with Crippen LogP contribution in [-0.2, 0) is 11.2 Å². The van der Waals surface area contributed by atoms with E-state index in [2.05, 4.69) is 0 Å². The molecule has 0 spiro atoms. The van der Waals surface area contributed by atoms with Crippen molar-refractivity contribution >= 4 is 5.91 Å². The lowest BCUT2D eigenvalue weighted by molar-refractivity contribution is -0.548. The third-order valence-electron chi connectivity index (χ3n) is 1.89. The van der Waals surface area contributed by atoms with Gasteiger partial charge in [-0.2, -0.15) is 0 Å². The summed E-state index contributed by atoms with van der Waals surface area (Å²) in [6.45, 7) is 0. The first kappa shape index (κ1) is 11.0. The predicted octanol–water partition coefficient (Wildman–Crippen LogP) is -0.136. The van der Waals surface area contributed by atoms with E-state index in [9.17, 15) is 14.9 Å². The second kappa shape index (κ2) is 4.94. The van der Waals surface area contributed by atoms with E-state index in [-0.39, 0.29) is 6.42 Å². The van der Waals surface area contributed by atoms with Gasteiger partial charge in [-0.15, -0.1) is 5.43 Å². The van der Waals surface area contributed by atoms with Crippen LogP contribution in [-0.4, -0.2) is 17.0 Å². The molecule has 0 bridgehead atoms. The molecule has 0 aliphatic carbocycles. The molecule has 1 amide bonds. The lowest BCUT2D eigenvalue weighted by atomic mass is 10.1. The SMILES string of the molecule is NC(=O)[C@H](Cc1ccccc1)N[N+](=O)[O-]. The first-order valence-corrected chi connectivity index (χ1v) is 4.33. The Bertz CT molecular complexity index is 353. The van der Waals surface area contributed by atoms with Gasteiger partial charge in [-0.05, 0) is 5.56 Å². The largest absolute Gasteiger partial charge is 0.368 e. The molecule has 1 rings (SSSR count). The quantitative estimate of drug-likeness (QED) is 0.521. The van der Waals surface area contributed by atoms with Gasteiger partial charge in [-0.3, -0.25) is 4.79 Å². The number of carbonyl (C=O) groups excluding carboxylic acids is 1. The maximum absolute atomic E-state index is 10.9. The van der Waals surface area contributed by atoms with Gasteiger partial charge in [-0.25, -0.2) is 10.1 Å². The van der Waals surface area contributed by atoms with Crippen molar-refractivity contribution in [3.05, 3.63) is 46.0 Å². The molecule has 6 nitrogen and oxygen atoms in total. The Balaban J connectivity index is 2.67. The minimum Gasteiger partial charge on any atom is -0.368 e. The Morgan fingerprint density at radius 3 is 2.53 bits per heavy atom. The summed E-state index contributed by atoms with van der Waals surface area (Å²) in [4.78, 5) is 21.1. The number of rotatable bonds is 5. The second-order valence-electron chi connectivity index (χ2n) is 3.03. The average molecular weight is 209 g/mol. The number of hydrogen-bond donors (Lipinski definition) is 2. The fourth-order valence-electron chi connectivity index (χ4n) is 1.19. The number of hydrazine groups is 1. The van der Waals surface area contributed by atoms with Crippen molar-refractivity contribution in [1.82, 2.24) is 5.43 Å². The van der Waals surface area contributed by atoms with Crippen molar-refractivity contribution in [1.29, 1.82) is 0 Å². The topological polar surface area (TPSA) is 98.3 Å². The zero-order chi connectivity index (χ0) is 11.3. The molecule has 1 aromatic carbocycles. The van der Waals surface area contributed by atoms with Gasteiger partial charge in [0, 0.05) is 6.42 Å². The van der Waals surface area contributed by atoms with Crippen molar-refractivity contribution < 1.29 is 9.83 Å². The van der Waals surface area contributed by atoms with Crippen LogP contribution in [0.15, 0.2) is 30.3 Å². The van der Waals surface area contributed by atoms with Crippen LogP contribution in [0, 0.1) is 10.1 Å². The molecule has 0 unspecified atom stereocenters. The molecule has 0 aromatic heterocycles. The summed E-state index contributed by atoms with van der Waals surface area (Å²) in [6.07, 6.45) is 0.206.